The van der Waals surface area contributed by atoms with E-state index in [4.69, 9.17) is 16.3 Å². The second-order valence-corrected chi connectivity index (χ2v) is 5.27. The summed E-state index contributed by atoms with van der Waals surface area (Å²) in [5, 5.41) is 4.17. The van der Waals surface area contributed by atoms with Crippen molar-refractivity contribution in [2.24, 2.45) is 5.41 Å². The van der Waals surface area contributed by atoms with Gasteiger partial charge in [-0.15, -0.1) is 6.58 Å². The molecule has 1 aromatic rings. The van der Waals surface area contributed by atoms with Gasteiger partial charge in [0.05, 0.1) is 6.61 Å². The first-order valence-electron chi connectivity index (χ1n) is 6.17. The normalized spacial score (nSPS) is 14.2. The monoisotopic (exact) mass is 267 g/mol. The molecule has 1 unspecified atom stereocenters. The molecule has 0 saturated carbocycles. The number of halogens is 1. The minimum Gasteiger partial charge on any atom is -0.383 e. The summed E-state index contributed by atoms with van der Waals surface area (Å²) in [6, 6.07) is 7.99. The first kappa shape index (κ1) is 15.2. The van der Waals surface area contributed by atoms with Crippen LogP contribution in [0, 0.1) is 5.41 Å². The SMILES string of the molecule is C=CC(C)(CNCCOC)Cc1cccc(Cl)c1. The topological polar surface area (TPSA) is 21.3 Å². The number of methoxy groups -OCH3 is 1. The lowest BCUT2D eigenvalue weighted by Gasteiger charge is -2.26. The van der Waals surface area contributed by atoms with E-state index in [0.29, 0.717) is 0 Å². The van der Waals surface area contributed by atoms with Gasteiger partial charge < -0.3 is 10.1 Å². The molecule has 3 heteroatoms. The summed E-state index contributed by atoms with van der Waals surface area (Å²) >= 11 is 6.00. The molecule has 100 valence electrons. The van der Waals surface area contributed by atoms with Crippen molar-refractivity contribution in [1.29, 1.82) is 0 Å². The quantitative estimate of drug-likeness (QED) is 0.576. The molecule has 1 aromatic carbocycles. The van der Waals surface area contributed by atoms with E-state index < -0.39 is 0 Å². The van der Waals surface area contributed by atoms with Gasteiger partial charge in [0, 0.05) is 30.6 Å². The van der Waals surface area contributed by atoms with Crippen molar-refractivity contribution in [2.75, 3.05) is 26.8 Å². The molecule has 1 atom stereocenters. The number of rotatable bonds is 8. The van der Waals surface area contributed by atoms with E-state index in [1.165, 1.54) is 5.56 Å². The predicted molar refractivity (Wildman–Crippen MR) is 78.2 cm³/mol. The molecule has 0 aliphatic carbocycles. The average Bonchev–Trinajstić information content (AvgIpc) is 2.35. The Bertz CT molecular complexity index is 381. The first-order valence-corrected chi connectivity index (χ1v) is 6.55. The van der Waals surface area contributed by atoms with Gasteiger partial charge in [0.15, 0.2) is 0 Å². The highest BCUT2D eigenvalue weighted by Gasteiger charge is 2.20. The van der Waals surface area contributed by atoms with Crippen LogP contribution in [0.5, 0.6) is 0 Å². The molecule has 0 bridgehead atoms. The van der Waals surface area contributed by atoms with Gasteiger partial charge in [0.1, 0.15) is 0 Å². The number of ether oxygens (including phenoxy) is 1. The molecule has 1 N–H and O–H groups in total. The van der Waals surface area contributed by atoms with E-state index in [2.05, 4.69) is 24.9 Å². The van der Waals surface area contributed by atoms with Crippen molar-refractivity contribution in [3.05, 3.63) is 47.5 Å². The van der Waals surface area contributed by atoms with Gasteiger partial charge in [-0.05, 0) is 24.1 Å². The van der Waals surface area contributed by atoms with Crippen LogP contribution in [0.2, 0.25) is 5.02 Å². The van der Waals surface area contributed by atoms with E-state index >= 15 is 0 Å². The fourth-order valence-electron chi connectivity index (χ4n) is 1.87. The Hall–Kier alpha value is -0.830. The minimum absolute atomic E-state index is 0.0262. The zero-order valence-corrected chi connectivity index (χ0v) is 12.0. The summed E-state index contributed by atoms with van der Waals surface area (Å²) in [7, 11) is 1.71. The maximum absolute atomic E-state index is 6.00. The molecule has 2 nitrogen and oxygen atoms in total. The van der Waals surface area contributed by atoms with Crippen LogP contribution in [0.4, 0.5) is 0 Å². The molecule has 0 spiro atoms. The van der Waals surface area contributed by atoms with Crippen molar-refractivity contribution in [3.63, 3.8) is 0 Å². The van der Waals surface area contributed by atoms with Crippen LogP contribution in [0.15, 0.2) is 36.9 Å². The number of hydrogen-bond acceptors (Lipinski definition) is 2. The van der Waals surface area contributed by atoms with E-state index in [9.17, 15) is 0 Å². The summed E-state index contributed by atoms with van der Waals surface area (Å²) in [5.74, 6) is 0. The predicted octanol–water partition coefficient (Wildman–Crippen LogP) is 3.31. The van der Waals surface area contributed by atoms with E-state index in [-0.39, 0.29) is 5.41 Å². The fraction of sp³-hybridized carbons (Fsp3) is 0.467. The van der Waals surface area contributed by atoms with Crippen LogP contribution < -0.4 is 5.32 Å². The third-order valence-electron chi connectivity index (χ3n) is 3.00. The third-order valence-corrected chi connectivity index (χ3v) is 3.24. The van der Waals surface area contributed by atoms with Crippen molar-refractivity contribution in [3.8, 4) is 0 Å². The summed E-state index contributed by atoms with van der Waals surface area (Å²) in [4.78, 5) is 0. The van der Waals surface area contributed by atoms with Crippen molar-refractivity contribution in [2.45, 2.75) is 13.3 Å². The maximum atomic E-state index is 6.00. The highest BCUT2D eigenvalue weighted by molar-refractivity contribution is 6.30. The highest BCUT2D eigenvalue weighted by Crippen LogP contribution is 2.24. The maximum Gasteiger partial charge on any atom is 0.0587 e. The Kier molecular flexibility index (Phi) is 6.41. The Morgan fingerprint density at radius 2 is 2.28 bits per heavy atom. The van der Waals surface area contributed by atoms with Crippen LogP contribution >= 0.6 is 11.6 Å². The summed E-state index contributed by atoms with van der Waals surface area (Å²) in [6.07, 6.45) is 2.94. The molecule has 0 aromatic heterocycles. The second kappa shape index (κ2) is 7.57. The molecular weight excluding hydrogens is 246 g/mol. The van der Waals surface area contributed by atoms with Gasteiger partial charge >= 0.3 is 0 Å². The molecule has 0 aliphatic heterocycles. The van der Waals surface area contributed by atoms with Crippen LogP contribution in [0.3, 0.4) is 0 Å². The summed E-state index contributed by atoms with van der Waals surface area (Å²) in [5.41, 5.74) is 1.26. The Morgan fingerprint density at radius 3 is 2.89 bits per heavy atom. The number of nitrogens with one attached hydrogen (secondary N) is 1. The molecule has 18 heavy (non-hydrogen) atoms. The standard InChI is InChI=1S/C15H22ClNO/c1-4-15(2,12-17-8-9-18-3)11-13-6-5-7-14(16)10-13/h4-7,10,17H,1,8-9,11-12H2,2-3H3. The Morgan fingerprint density at radius 1 is 1.50 bits per heavy atom. The molecule has 0 heterocycles. The number of benzene rings is 1. The summed E-state index contributed by atoms with van der Waals surface area (Å²) < 4.78 is 5.02. The van der Waals surface area contributed by atoms with Gasteiger partial charge in [-0.25, -0.2) is 0 Å². The van der Waals surface area contributed by atoms with Crippen LogP contribution in [0.25, 0.3) is 0 Å². The van der Waals surface area contributed by atoms with Crippen LogP contribution in [0.1, 0.15) is 12.5 Å². The molecule has 0 fully saturated rings. The Balaban J connectivity index is 2.56. The lowest BCUT2D eigenvalue weighted by Crippen LogP contribution is -2.33. The van der Waals surface area contributed by atoms with Gasteiger partial charge in [0.2, 0.25) is 0 Å². The lowest BCUT2D eigenvalue weighted by molar-refractivity contribution is 0.196. The molecule has 0 radical (unpaired) electrons. The zero-order chi connectivity index (χ0) is 13.4. The minimum atomic E-state index is 0.0262. The van der Waals surface area contributed by atoms with Crippen LogP contribution in [-0.2, 0) is 11.2 Å². The fourth-order valence-corrected chi connectivity index (χ4v) is 2.08. The van der Waals surface area contributed by atoms with Crippen LogP contribution in [-0.4, -0.2) is 26.8 Å². The largest absolute Gasteiger partial charge is 0.383 e. The molecule has 0 amide bonds. The van der Waals surface area contributed by atoms with Crippen molar-refractivity contribution < 1.29 is 4.74 Å². The zero-order valence-electron chi connectivity index (χ0n) is 11.2. The Labute approximate surface area is 115 Å². The van der Waals surface area contributed by atoms with Gasteiger partial charge in [-0.1, -0.05) is 36.7 Å². The highest BCUT2D eigenvalue weighted by atomic mass is 35.5. The summed E-state index contributed by atoms with van der Waals surface area (Å²) in [6.45, 7) is 8.61. The van der Waals surface area contributed by atoms with Crippen molar-refractivity contribution in [1.82, 2.24) is 5.32 Å². The molecule has 0 aliphatic rings. The molecule has 0 saturated heterocycles. The second-order valence-electron chi connectivity index (χ2n) is 4.83. The van der Waals surface area contributed by atoms with Gasteiger partial charge in [-0.2, -0.15) is 0 Å². The third kappa shape index (κ3) is 5.21. The van der Waals surface area contributed by atoms with E-state index in [0.717, 1.165) is 31.1 Å². The number of hydrogen-bond donors (Lipinski definition) is 1. The van der Waals surface area contributed by atoms with E-state index in [1.807, 2.05) is 24.3 Å². The first-order chi connectivity index (χ1) is 8.59. The lowest BCUT2D eigenvalue weighted by atomic mass is 9.83. The van der Waals surface area contributed by atoms with Crippen molar-refractivity contribution >= 4 is 11.6 Å². The molecule has 1 rings (SSSR count). The van der Waals surface area contributed by atoms with E-state index in [1.54, 1.807) is 7.11 Å². The average molecular weight is 268 g/mol. The van der Waals surface area contributed by atoms with Gasteiger partial charge in [-0.3, -0.25) is 0 Å². The smallest absolute Gasteiger partial charge is 0.0587 e. The molecular formula is C15H22ClNO. The van der Waals surface area contributed by atoms with Gasteiger partial charge in [0.25, 0.3) is 0 Å².